The highest BCUT2D eigenvalue weighted by Crippen LogP contribution is 2.35. The summed E-state index contributed by atoms with van der Waals surface area (Å²) in [7, 11) is 3.53. The molecule has 36 heavy (non-hydrogen) atoms. The van der Waals surface area contributed by atoms with E-state index in [0.29, 0.717) is 37.1 Å². The van der Waals surface area contributed by atoms with E-state index in [1.807, 2.05) is 25.1 Å². The van der Waals surface area contributed by atoms with Gasteiger partial charge in [0.25, 0.3) is 5.91 Å². The summed E-state index contributed by atoms with van der Waals surface area (Å²) < 4.78 is 2.09. The van der Waals surface area contributed by atoms with E-state index in [-0.39, 0.29) is 18.0 Å². The van der Waals surface area contributed by atoms with Gasteiger partial charge in [-0.05, 0) is 38.0 Å². The van der Waals surface area contributed by atoms with Crippen molar-refractivity contribution < 1.29 is 14.7 Å². The number of carbonyl (C=O) groups is 2. The molecule has 0 radical (unpaired) electrons. The molecule has 1 saturated heterocycles. The molecule has 0 bridgehead atoms. The monoisotopic (exact) mass is 492 g/mol. The maximum Gasteiger partial charge on any atom is 0.407 e. The van der Waals surface area contributed by atoms with Crippen molar-refractivity contribution in [2.24, 2.45) is 0 Å². The quantitative estimate of drug-likeness (QED) is 0.555. The molecule has 2 fully saturated rings. The number of nitrogens with one attached hydrogen (secondary N) is 1. The fraction of sp³-hybridized carbons (Fsp3) is 0.480. The maximum atomic E-state index is 12.9. The Morgan fingerprint density at radius 3 is 2.53 bits per heavy atom. The third kappa shape index (κ3) is 4.52. The van der Waals surface area contributed by atoms with Gasteiger partial charge in [-0.25, -0.2) is 14.8 Å². The normalized spacial score (nSPS) is 18.6. The van der Waals surface area contributed by atoms with Gasteiger partial charge in [-0.2, -0.15) is 4.98 Å². The topological polar surface area (TPSA) is 120 Å². The average molecular weight is 493 g/mol. The van der Waals surface area contributed by atoms with Gasteiger partial charge in [0.1, 0.15) is 17.2 Å². The molecule has 1 aliphatic carbocycles. The lowest BCUT2D eigenvalue weighted by molar-refractivity contribution is 0.0815. The molecule has 1 atom stereocenters. The molecule has 2 amide bonds. The third-order valence-corrected chi connectivity index (χ3v) is 7.12. The minimum Gasteiger partial charge on any atom is -0.465 e. The fourth-order valence-electron chi connectivity index (χ4n) is 5.23. The van der Waals surface area contributed by atoms with Crippen LogP contribution in [0.2, 0.25) is 0 Å². The van der Waals surface area contributed by atoms with E-state index in [1.165, 1.54) is 4.90 Å². The highest BCUT2D eigenvalue weighted by Gasteiger charge is 2.28. The van der Waals surface area contributed by atoms with Crippen molar-refractivity contribution in [1.82, 2.24) is 29.3 Å². The first kappa shape index (κ1) is 23.8. The number of pyridine rings is 1. The van der Waals surface area contributed by atoms with Gasteiger partial charge in [-0.1, -0.05) is 12.8 Å². The van der Waals surface area contributed by atoms with Gasteiger partial charge in [0.15, 0.2) is 0 Å². The van der Waals surface area contributed by atoms with Crippen molar-refractivity contribution in [1.29, 1.82) is 0 Å². The second-order valence-corrected chi connectivity index (χ2v) is 9.81. The van der Waals surface area contributed by atoms with Crippen LogP contribution in [0.5, 0.6) is 0 Å². The molecule has 4 heterocycles. The van der Waals surface area contributed by atoms with Gasteiger partial charge in [-0.15, -0.1) is 0 Å². The Morgan fingerprint density at radius 2 is 1.89 bits per heavy atom. The number of anilines is 3. The largest absolute Gasteiger partial charge is 0.465 e. The summed E-state index contributed by atoms with van der Waals surface area (Å²) in [5.74, 6) is 0.997. The number of fused-ring (bicyclic) bond motifs is 1. The molecule has 11 nitrogen and oxygen atoms in total. The van der Waals surface area contributed by atoms with Crippen LogP contribution in [0.3, 0.4) is 0 Å². The van der Waals surface area contributed by atoms with E-state index in [2.05, 4.69) is 24.8 Å². The molecule has 1 aliphatic heterocycles. The summed E-state index contributed by atoms with van der Waals surface area (Å²) in [6.07, 6.45) is 7.01. The Bertz CT molecular complexity index is 1270. The zero-order valence-corrected chi connectivity index (χ0v) is 20.9. The maximum absolute atomic E-state index is 12.9. The number of piperazine rings is 1. The Morgan fingerprint density at radius 1 is 1.11 bits per heavy atom. The molecule has 190 valence electrons. The third-order valence-electron chi connectivity index (χ3n) is 7.12. The van der Waals surface area contributed by atoms with Crippen molar-refractivity contribution in [3.63, 3.8) is 0 Å². The standard InChI is InChI=1S/C25H32N8O3/c1-16-15-31(10-11-32(16)25(35)36)19-8-9-21(26-14-19)28-24-27-13-17-12-20(23(34)30(2)3)33(22(17)29-24)18-6-4-5-7-18/h8-9,12-14,16,18H,4-7,10-11,15H2,1-3H3,(H,35,36)(H,26,27,28,29)/t16-/m0/s1. The van der Waals surface area contributed by atoms with Crippen molar-refractivity contribution in [2.45, 2.75) is 44.7 Å². The first-order chi connectivity index (χ1) is 17.3. The number of carboxylic acid groups (broad SMARTS) is 1. The summed E-state index contributed by atoms with van der Waals surface area (Å²) in [5.41, 5.74) is 2.34. The summed E-state index contributed by atoms with van der Waals surface area (Å²) in [6.45, 7) is 3.61. The van der Waals surface area contributed by atoms with Crippen LogP contribution in [-0.4, -0.2) is 86.2 Å². The van der Waals surface area contributed by atoms with E-state index in [9.17, 15) is 14.7 Å². The highest BCUT2D eigenvalue weighted by atomic mass is 16.4. The van der Waals surface area contributed by atoms with Crippen LogP contribution in [0.1, 0.15) is 49.1 Å². The average Bonchev–Trinajstić information content (AvgIpc) is 3.51. The first-order valence-electron chi connectivity index (χ1n) is 12.4. The molecule has 2 N–H and O–H groups in total. The molecule has 3 aromatic rings. The molecule has 3 aromatic heterocycles. The number of aromatic nitrogens is 4. The van der Waals surface area contributed by atoms with Crippen LogP contribution in [-0.2, 0) is 0 Å². The zero-order chi connectivity index (χ0) is 25.4. The van der Waals surface area contributed by atoms with Gasteiger partial charge in [0.2, 0.25) is 5.95 Å². The fourth-order valence-corrected chi connectivity index (χ4v) is 5.23. The molecule has 1 saturated carbocycles. The Kier molecular flexibility index (Phi) is 6.38. The molecule has 11 heteroatoms. The minimum absolute atomic E-state index is 0.0369. The smallest absolute Gasteiger partial charge is 0.407 e. The lowest BCUT2D eigenvalue weighted by atomic mass is 10.2. The predicted octanol–water partition coefficient (Wildman–Crippen LogP) is 3.58. The molecule has 0 aromatic carbocycles. The summed E-state index contributed by atoms with van der Waals surface area (Å²) in [5, 5.41) is 13.3. The van der Waals surface area contributed by atoms with Crippen molar-refractivity contribution in [2.75, 3.05) is 43.9 Å². The van der Waals surface area contributed by atoms with Gasteiger partial charge in [0, 0.05) is 57.4 Å². The second-order valence-electron chi connectivity index (χ2n) is 9.81. The van der Waals surface area contributed by atoms with Gasteiger partial charge in [0.05, 0.1) is 11.9 Å². The van der Waals surface area contributed by atoms with Crippen molar-refractivity contribution in [3.8, 4) is 0 Å². The Labute approximate surface area is 209 Å². The second kappa shape index (κ2) is 9.63. The Balaban J connectivity index is 1.36. The van der Waals surface area contributed by atoms with Crippen LogP contribution in [0.25, 0.3) is 11.0 Å². The summed E-state index contributed by atoms with van der Waals surface area (Å²) in [4.78, 5) is 43.2. The number of hydrogen-bond donors (Lipinski definition) is 2. The van der Waals surface area contributed by atoms with Gasteiger partial charge < -0.3 is 29.7 Å². The van der Waals surface area contributed by atoms with E-state index in [4.69, 9.17) is 4.98 Å². The van der Waals surface area contributed by atoms with Crippen LogP contribution in [0.15, 0.2) is 30.6 Å². The highest BCUT2D eigenvalue weighted by molar-refractivity contribution is 5.97. The lowest BCUT2D eigenvalue weighted by Crippen LogP contribution is -2.53. The van der Waals surface area contributed by atoms with E-state index in [0.717, 1.165) is 42.4 Å². The van der Waals surface area contributed by atoms with Gasteiger partial charge in [-0.3, -0.25) is 4.79 Å². The molecule has 0 spiro atoms. The summed E-state index contributed by atoms with van der Waals surface area (Å²) >= 11 is 0. The van der Waals surface area contributed by atoms with Crippen LogP contribution >= 0.6 is 0 Å². The summed E-state index contributed by atoms with van der Waals surface area (Å²) in [6, 6.07) is 5.89. The van der Waals surface area contributed by atoms with Gasteiger partial charge >= 0.3 is 6.09 Å². The van der Waals surface area contributed by atoms with E-state index in [1.54, 1.807) is 31.4 Å². The van der Waals surface area contributed by atoms with Crippen LogP contribution in [0, 0.1) is 0 Å². The number of nitrogens with zero attached hydrogens (tertiary/aromatic N) is 7. The predicted molar refractivity (Wildman–Crippen MR) is 137 cm³/mol. The van der Waals surface area contributed by atoms with Crippen LogP contribution in [0.4, 0.5) is 22.2 Å². The van der Waals surface area contributed by atoms with E-state index < -0.39 is 6.09 Å². The molecule has 0 unspecified atom stereocenters. The van der Waals surface area contributed by atoms with Crippen molar-refractivity contribution >= 4 is 40.5 Å². The molecule has 2 aliphatic rings. The SMILES string of the molecule is C[C@H]1CN(c2ccc(Nc3ncc4cc(C(=O)N(C)C)n(C5CCCC5)c4n3)nc2)CCN1C(=O)O. The number of carbonyl (C=O) groups excluding carboxylic acids is 1. The number of hydrogen-bond acceptors (Lipinski definition) is 7. The zero-order valence-electron chi connectivity index (χ0n) is 20.9. The number of amides is 2. The number of rotatable bonds is 5. The first-order valence-corrected chi connectivity index (χ1v) is 12.4. The molecular weight excluding hydrogens is 460 g/mol. The molecular formula is C25H32N8O3. The lowest BCUT2D eigenvalue weighted by Gasteiger charge is -2.39. The minimum atomic E-state index is -0.880. The molecule has 5 rings (SSSR count). The van der Waals surface area contributed by atoms with E-state index >= 15 is 0 Å². The van der Waals surface area contributed by atoms with Crippen LogP contribution < -0.4 is 10.2 Å². The van der Waals surface area contributed by atoms with Crippen molar-refractivity contribution in [3.05, 3.63) is 36.3 Å². The Hall–Kier alpha value is -3.89.